The van der Waals surface area contributed by atoms with Crippen LogP contribution in [0, 0.1) is 17.2 Å². The highest BCUT2D eigenvalue weighted by atomic mass is 16.5. The van der Waals surface area contributed by atoms with Gasteiger partial charge in [0.25, 0.3) is 0 Å². The normalized spacial score (nSPS) is 11.4. The Balaban J connectivity index is 2.00. The summed E-state index contributed by atoms with van der Waals surface area (Å²) in [7, 11) is 1.57. The minimum atomic E-state index is -0.789. The molecule has 1 aromatic heterocycles. The molecular weight excluding hydrogens is 256 g/mol. The van der Waals surface area contributed by atoms with Crippen molar-refractivity contribution in [2.45, 2.75) is 6.42 Å². The Bertz CT molecular complexity index is 597. The quantitative estimate of drug-likeness (QED) is 0.906. The number of rotatable bonds is 5. The van der Waals surface area contributed by atoms with Gasteiger partial charge in [-0.05, 0) is 36.4 Å². The van der Waals surface area contributed by atoms with Gasteiger partial charge in [-0.1, -0.05) is 0 Å². The molecule has 1 heterocycles. The second kappa shape index (κ2) is 6.43. The number of amides is 1. The van der Waals surface area contributed by atoms with E-state index >= 15 is 0 Å². The van der Waals surface area contributed by atoms with Crippen LogP contribution in [0.1, 0.15) is 5.76 Å². The average Bonchev–Trinajstić information content (AvgIpc) is 2.98. The third kappa shape index (κ3) is 3.39. The molecule has 1 N–H and O–H groups in total. The molecule has 102 valence electrons. The van der Waals surface area contributed by atoms with Crippen LogP contribution in [0.15, 0.2) is 47.1 Å². The molecule has 1 unspecified atom stereocenters. The van der Waals surface area contributed by atoms with E-state index in [0.29, 0.717) is 17.2 Å². The van der Waals surface area contributed by atoms with E-state index in [-0.39, 0.29) is 12.3 Å². The molecule has 1 atom stereocenters. The van der Waals surface area contributed by atoms with Gasteiger partial charge >= 0.3 is 0 Å². The van der Waals surface area contributed by atoms with Crippen LogP contribution < -0.4 is 10.1 Å². The number of ether oxygens (including phenoxy) is 1. The number of hydrogen-bond acceptors (Lipinski definition) is 4. The van der Waals surface area contributed by atoms with Gasteiger partial charge in [0, 0.05) is 12.1 Å². The fraction of sp³-hybridized carbons (Fsp3) is 0.200. The summed E-state index contributed by atoms with van der Waals surface area (Å²) in [6.45, 7) is 0. The first-order valence-corrected chi connectivity index (χ1v) is 6.10. The third-order valence-corrected chi connectivity index (χ3v) is 2.82. The zero-order valence-corrected chi connectivity index (χ0v) is 11.0. The van der Waals surface area contributed by atoms with Gasteiger partial charge in [0.05, 0.1) is 19.4 Å². The summed E-state index contributed by atoms with van der Waals surface area (Å²) in [5.41, 5.74) is 0.621. The predicted molar refractivity (Wildman–Crippen MR) is 73.1 cm³/mol. The minimum Gasteiger partial charge on any atom is -0.497 e. The molecule has 0 saturated carbocycles. The van der Waals surface area contributed by atoms with E-state index in [4.69, 9.17) is 14.4 Å². The first-order chi connectivity index (χ1) is 9.72. The van der Waals surface area contributed by atoms with Crippen LogP contribution in [0.25, 0.3) is 0 Å². The zero-order valence-electron chi connectivity index (χ0n) is 11.0. The van der Waals surface area contributed by atoms with Gasteiger partial charge in [-0.3, -0.25) is 4.79 Å². The highest BCUT2D eigenvalue weighted by Gasteiger charge is 2.19. The van der Waals surface area contributed by atoms with Crippen LogP contribution in [0.4, 0.5) is 5.69 Å². The molecule has 0 aliphatic carbocycles. The lowest BCUT2D eigenvalue weighted by Gasteiger charge is -2.09. The van der Waals surface area contributed by atoms with E-state index < -0.39 is 5.92 Å². The van der Waals surface area contributed by atoms with Crippen molar-refractivity contribution >= 4 is 11.6 Å². The number of methoxy groups -OCH3 is 1. The highest BCUT2D eigenvalue weighted by Crippen LogP contribution is 2.17. The fourth-order valence-electron chi connectivity index (χ4n) is 1.73. The van der Waals surface area contributed by atoms with Gasteiger partial charge in [0.2, 0.25) is 5.91 Å². The summed E-state index contributed by atoms with van der Waals surface area (Å²) >= 11 is 0. The SMILES string of the molecule is COc1ccc(NC(=O)C(C#N)Cc2ccco2)cc1. The van der Waals surface area contributed by atoms with Crippen molar-refractivity contribution in [3.63, 3.8) is 0 Å². The monoisotopic (exact) mass is 270 g/mol. The molecule has 20 heavy (non-hydrogen) atoms. The maximum absolute atomic E-state index is 12.0. The molecule has 1 aromatic carbocycles. The molecule has 0 bridgehead atoms. The van der Waals surface area contributed by atoms with E-state index in [0.717, 1.165) is 0 Å². The number of nitrogens with one attached hydrogen (secondary N) is 1. The van der Waals surface area contributed by atoms with Gasteiger partial charge < -0.3 is 14.5 Å². The molecule has 5 heteroatoms. The first-order valence-electron chi connectivity index (χ1n) is 6.10. The molecule has 0 saturated heterocycles. The maximum Gasteiger partial charge on any atom is 0.242 e. The standard InChI is InChI=1S/C15H14N2O3/c1-19-13-6-4-12(5-7-13)17-15(18)11(10-16)9-14-3-2-8-20-14/h2-8,11H,9H2,1H3,(H,17,18). The lowest BCUT2D eigenvalue weighted by molar-refractivity contribution is -0.118. The third-order valence-electron chi connectivity index (χ3n) is 2.82. The van der Waals surface area contributed by atoms with E-state index in [1.807, 2.05) is 6.07 Å². The number of carbonyl (C=O) groups excluding carboxylic acids is 1. The smallest absolute Gasteiger partial charge is 0.242 e. The van der Waals surface area contributed by atoms with Crippen molar-refractivity contribution in [1.82, 2.24) is 0 Å². The Labute approximate surface area is 116 Å². The summed E-state index contributed by atoms with van der Waals surface area (Å²) in [6.07, 6.45) is 1.77. The molecule has 2 aromatic rings. The number of benzene rings is 1. The molecule has 0 fully saturated rings. The number of nitrogens with zero attached hydrogens (tertiary/aromatic N) is 1. The van der Waals surface area contributed by atoms with Crippen LogP contribution in [-0.4, -0.2) is 13.0 Å². The van der Waals surface area contributed by atoms with Crippen LogP contribution in [0.2, 0.25) is 0 Å². The van der Waals surface area contributed by atoms with Crippen LogP contribution in [0.3, 0.4) is 0 Å². The van der Waals surface area contributed by atoms with E-state index in [9.17, 15) is 4.79 Å². The Morgan fingerprint density at radius 1 is 1.40 bits per heavy atom. The van der Waals surface area contributed by atoms with Gasteiger partial charge in [-0.25, -0.2) is 0 Å². The zero-order chi connectivity index (χ0) is 14.4. The molecule has 0 aliphatic rings. The van der Waals surface area contributed by atoms with Crippen molar-refractivity contribution in [3.8, 4) is 11.8 Å². The summed E-state index contributed by atoms with van der Waals surface area (Å²) in [4.78, 5) is 12.0. The Hall–Kier alpha value is -2.74. The van der Waals surface area contributed by atoms with Crippen LogP contribution in [-0.2, 0) is 11.2 Å². The van der Waals surface area contributed by atoms with Crippen LogP contribution in [0.5, 0.6) is 5.75 Å². The second-order valence-corrected chi connectivity index (χ2v) is 4.18. The second-order valence-electron chi connectivity index (χ2n) is 4.18. The summed E-state index contributed by atoms with van der Waals surface area (Å²) in [5.74, 6) is 0.175. The summed E-state index contributed by atoms with van der Waals surface area (Å²) < 4.78 is 10.2. The molecule has 1 amide bonds. The van der Waals surface area contributed by atoms with E-state index in [1.165, 1.54) is 6.26 Å². The van der Waals surface area contributed by atoms with Crippen molar-refractivity contribution in [1.29, 1.82) is 5.26 Å². The van der Waals surface area contributed by atoms with Gasteiger partial charge in [-0.2, -0.15) is 5.26 Å². The molecule has 0 radical (unpaired) electrons. The lowest BCUT2D eigenvalue weighted by Crippen LogP contribution is -2.23. The number of anilines is 1. The largest absolute Gasteiger partial charge is 0.497 e. The predicted octanol–water partition coefficient (Wildman–Crippen LogP) is 2.61. The Morgan fingerprint density at radius 3 is 2.70 bits per heavy atom. The van der Waals surface area contributed by atoms with E-state index in [1.54, 1.807) is 43.5 Å². The molecule has 0 aliphatic heterocycles. The lowest BCUT2D eigenvalue weighted by atomic mass is 10.0. The molecule has 0 spiro atoms. The van der Waals surface area contributed by atoms with Crippen molar-refractivity contribution in [2.75, 3.05) is 12.4 Å². The van der Waals surface area contributed by atoms with Crippen molar-refractivity contribution in [2.24, 2.45) is 5.92 Å². The molecule has 5 nitrogen and oxygen atoms in total. The Kier molecular flexibility index (Phi) is 4.40. The van der Waals surface area contributed by atoms with Gasteiger partial charge in [0.1, 0.15) is 17.4 Å². The topological polar surface area (TPSA) is 75.3 Å². The average molecular weight is 270 g/mol. The van der Waals surface area contributed by atoms with Crippen molar-refractivity contribution in [3.05, 3.63) is 48.4 Å². The van der Waals surface area contributed by atoms with Crippen LogP contribution >= 0.6 is 0 Å². The van der Waals surface area contributed by atoms with Crippen molar-refractivity contribution < 1.29 is 13.9 Å². The fourth-order valence-corrected chi connectivity index (χ4v) is 1.73. The molecular formula is C15H14N2O3. The van der Waals surface area contributed by atoms with Gasteiger partial charge in [-0.15, -0.1) is 0 Å². The Morgan fingerprint density at radius 2 is 2.15 bits per heavy atom. The van der Waals surface area contributed by atoms with Gasteiger partial charge in [0.15, 0.2) is 0 Å². The number of hydrogen-bond donors (Lipinski definition) is 1. The highest BCUT2D eigenvalue weighted by molar-refractivity contribution is 5.94. The van der Waals surface area contributed by atoms with E-state index in [2.05, 4.69) is 5.32 Å². The number of nitriles is 1. The first kappa shape index (κ1) is 13.7. The molecule has 2 rings (SSSR count). The maximum atomic E-state index is 12.0. The summed E-state index contributed by atoms with van der Waals surface area (Å²) in [6, 6.07) is 12.4. The number of carbonyl (C=O) groups is 1. The summed E-state index contributed by atoms with van der Waals surface area (Å²) in [5, 5.41) is 11.8. The minimum absolute atomic E-state index is 0.255. The number of furan rings is 1.